The van der Waals surface area contributed by atoms with Gasteiger partial charge in [-0.15, -0.1) is 0 Å². The van der Waals surface area contributed by atoms with E-state index in [2.05, 4.69) is 61.4 Å². The van der Waals surface area contributed by atoms with Crippen molar-refractivity contribution in [3.8, 4) is 28.7 Å². The smallest absolute Gasteiger partial charge is 0.343 e. The molecule has 0 aliphatic carbocycles. The Hall–Kier alpha value is -6.31. The van der Waals surface area contributed by atoms with Gasteiger partial charge in [0.1, 0.15) is 5.75 Å². The summed E-state index contributed by atoms with van der Waals surface area (Å²) in [6.07, 6.45) is 3.92. The van der Waals surface area contributed by atoms with Gasteiger partial charge in [0.25, 0.3) is 0 Å². The highest BCUT2D eigenvalue weighted by atomic mass is 35.5. The zero-order valence-corrected chi connectivity index (χ0v) is 32.2. The maximum atomic E-state index is 13.0. The van der Waals surface area contributed by atoms with Crippen LogP contribution in [0, 0.1) is 17.8 Å². The molecule has 0 aliphatic heterocycles. The van der Waals surface area contributed by atoms with Crippen molar-refractivity contribution in [1.82, 2.24) is 0 Å². The summed E-state index contributed by atoms with van der Waals surface area (Å²) in [6, 6.07) is 30.1. The number of esters is 3. The number of hydrogen-bond donors (Lipinski definition) is 0. The molecule has 5 rings (SSSR count). The summed E-state index contributed by atoms with van der Waals surface area (Å²) < 4.78 is 26.5. The van der Waals surface area contributed by atoms with Crippen LogP contribution in [0.2, 0.25) is 5.02 Å². The number of carbonyl (C=O) groups is 4. The van der Waals surface area contributed by atoms with Crippen LogP contribution >= 0.6 is 11.6 Å². The van der Waals surface area contributed by atoms with Gasteiger partial charge in [0.15, 0.2) is 6.29 Å². The molecule has 5 aromatic carbocycles. The van der Waals surface area contributed by atoms with Crippen molar-refractivity contribution < 1.29 is 42.9 Å². The summed E-state index contributed by atoms with van der Waals surface area (Å²) in [5, 5.41) is 2.45. The molecule has 0 spiro atoms. The standard InChI is InChI=1S/C47H41ClO9/c1-4-45(50)55-30-35(31-56-46(51)5-2)24-33-8-14-37(15-9-33)47(52)57-42-27-41(29-49)43(44(48)28-42)19-11-32-6-12-36(13-7-32)39-18-17-38-25-34(10-16-40(38)26-39)20-21-54-23-22-53-3/h4-10,12-18,25-29,35H,1-2,20-24,30-31H2,3H3. The number of aldehydes is 1. The lowest BCUT2D eigenvalue weighted by atomic mass is 9.98. The molecule has 5 aromatic rings. The summed E-state index contributed by atoms with van der Waals surface area (Å²) in [6.45, 7) is 8.56. The van der Waals surface area contributed by atoms with Gasteiger partial charge in [0, 0.05) is 42.4 Å². The van der Waals surface area contributed by atoms with Crippen LogP contribution in [0.15, 0.2) is 122 Å². The molecule has 0 heterocycles. The first kappa shape index (κ1) is 41.8. The van der Waals surface area contributed by atoms with Crippen LogP contribution in [0.25, 0.3) is 21.9 Å². The Kier molecular flexibility index (Phi) is 15.5. The van der Waals surface area contributed by atoms with Crippen molar-refractivity contribution in [1.29, 1.82) is 0 Å². The molecule has 10 heteroatoms. The van der Waals surface area contributed by atoms with Gasteiger partial charge in [-0.2, -0.15) is 0 Å². The second-order valence-corrected chi connectivity index (χ2v) is 13.3. The van der Waals surface area contributed by atoms with E-state index >= 15 is 0 Å². The Morgan fingerprint density at radius 1 is 0.737 bits per heavy atom. The van der Waals surface area contributed by atoms with E-state index in [0.29, 0.717) is 38.1 Å². The second kappa shape index (κ2) is 21.1. The first-order valence-electron chi connectivity index (χ1n) is 18.1. The number of benzene rings is 5. The number of rotatable bonds is 18. The highest BCUT2D eigenvalue weighted by Gasteiger charge is 2.17. The van der Waals surface area contributed by atoms with E-state index in [0.717, 1.165) is 51.6 Å². The Morgan fingerprint density at radius 3 is 2.05 bits per heavy atom. The normalized spacial score (nSPS) is 10.6. The number of fused-ring (bicyclic) bond motifs is 1. The number of carbonyl (C=O) groups excluding carboxylic acids is 4. The predicted molar refractivity (Wildman–Crippen MR) is 220 cm³/mol. The molecule has 0 fully saturated rings. The molecule has 9 nitrogen and oxygen atoms in total. The lowest BCUT2D eigenvalue weighted by molar-refractivity contribution is -0.142. The van der Waals surface area contributed by atoms with Crippen LogP contribution in [-0.4, -0.2) is 64.3 Å². The van der Waals surface area contributed by atoms with Crippen LogP contribution < -0.4 is 4.74 Å². The molecule has 0 atom stereocenters. The number of halogens is 1. The van der Waals surface area contributed by atoms with Gasteiger partial charge in [-0.3, -0.25) is 4.79 Å². The molecule has 290 valence electrons. The lowest BCUT2D eigenvalue weighted by Crippen LogP contribution is -2.22. The van der Waals surface area contributed by atoms with E-state index in [9.17, 15) is 19.2 Å². The molecule has 57 heavy (non-hydrogen) atoms. The molecule has 0 radical (unpaired) electrons. The monoisotopic (exact) mass is 784 g/mol. The predicted octanol–water partition coefficient (Wildman–Crippen LogP) is 8.41. The van der Waals surface area contributed by atoms with Gasteiger partial charge in [-0.25, -0.2) is 14.4 Å². The quantitative estimate of drug-likeness (QED) is 0.0216. The Balaban J connectivity index is 1.21. The largest absolute Gasteiger partial charge is 0.462 e. The Bertz CT molecular complexity index is 2280. The van der Waals surface area contributed by atoms with Crippen LogP contribution in [0.3, 0.4) is 0 Å². The van der Waals surface area contributed by atoms with Crippen molar-refractivity contribution in [3.05, 3.63) is 161 Å². The fraction of sp³-hybridized carbons (Fsp3) is 0.191. The molecular weight excluding hydrogens is 744 g/mol. The van der Waals surface area contributed by atoms with Crippen LogP contribution in [0.4, 0.5) is 0 Å². The van der Waals surface area contributed by atoms with Gasteiger partial charge in [-0.1, -0.05) is 91.2 Å². The number of hydrogen-bond acceptors (Lipinski definition) is 9. The van der Waals surface area contributed by atoms with E-state index in [-0.39, 0.29) is 41.0 Å². The topological polar surface area (TPSA) is 114 Å². The van der Waals surface area contributed by atoms with Crippen LogP contribution in [0.5, 0.6) is 5.75 Å². The summed E-state index contributed by atoms with van der Waals surface area (Å²) in [5.41, 5.74) is 5.57. The Morgan fingerprint density at radius 2 is 1.39 bits per heavy atom. The minimum absolute atomic E-state index is 0.00694. The van der Waals surface area contributed by atoms with Crippen LogP contribution in [0.1, 0.15) is 43.0 Å². The molecule has 0 aromatic heterocycles. The summed E-state index contributed by atoms with van der Waals surface area (Å²) in [5.74, 6) is 3.95. The van der Waals surface area contributed by atoms with Gasteiger partial charge < -0.3 is 23.7 Å². The average molecular weight is 785 g/mol. The molecule has 0 amide bonds. The van der Waals surface area contributed by atoms with Gasteiger partial charge in [0.2, 0.25) is 0 Å². The molecule has 0 bridgehead atoms. The molecule has 0 unspecified atom stereocenters. The maximum Gasteiger partial charge on any atom is 0.343 e. The summed E-state index contributed by atoms with van der Waals surface area (Å²) in [4.78, 5) is 48.2. The minimum Gasteiger partial charge on any atom is -0.462 e. The molecule has 0 saturated heterocycles. The summed E-state index contributed by atoms with van der Waals surface area (Å²) >= 11 is 6.56. The second-order valence-electron chi connectivity index (χ2n) is 12.9. The van der Waals surface area contributed by atoms with E-state index in [1.165, 1.54) is 17.7 Å². The van der Waals surface area contributed by atoms with Crippen molar-refractivity contribution in [2.24, 2.45) is 5.92 Å². The fourth-order valence-corrected chi connectivity index (χ4v) is 6.05. The zero-order valence-electron chi connectivity index (χ0n) is 31.5. The Labute approximate surface area is 336 Å². The van der Waals surface area contributed by atoms with E-state index in [1.54, 1.807) is 31.4 Å². The SMILES string of the molecule is C=CC(=O)OCC(COC(=O)C=C)Cc1ccc(C(=O)Oc2cc(Cl)c(C#Cc3ccc(-c4ccc5cc(CCOCCOC)ccc5c4)cc3)c(C=O)c2)cc1. The van der Waals surface area contributed by atoms with Crippen molar-refractivity contribution in [3.63, 3.8) is 0 Å². The summed E-state index contributed by atoms with van der Waals surface area (Å²) in [7, 11) is 1.66. The van der Waals surface area contributed by atoms with Gasteiger partial charge in [0.05, 0.1) is 49.2 Å². The van der Waals surface area contributed by atoms with Crippen molar-refractivity contribution in [2.75, 3.05) is 40.1 Å². The third kappa shape index (κ3) is 12.3. The van der Waals surface area contributed by atoms with E-state index in [4.69, 9.17) is 35.3 Å². The van der Waals surface area contributed by atoms with Crippen molar-refractivity contribution in [2.45, 2.75) is 12.8 Å². The molecule has 0 aliphatic rings. The van der Waals surface area contributed by atoms with Gasteiger partial charge >= 0.3 is 17.9 Å². The minimum atomic E-state index is -0.666. The first-order valence-corrected chi connectivity index (χ1v) is 18.5. The van der Waals surface area contributed by atoms with E-state index in [1.807, 2.05) is 24.3 Å². The average Bonchev–Trinajstić information content (AvgIpc) is 3.23. The van der Waals surface area contributed by atoms with Crippen LogP contribution in [-0.2, 0) is 41.4 Å². The van der Waals surface area contributed by atoms with Crippen molar-refractivity contribution >= 4 is 46.6 Å². The van der Waals surface area contributed by atoms with E-state index < -0.39 is 17.9 Å². The van der Waals surface area contributed by atoms with Gasteiger partial charge in [-0.05, 0) is 82.3 Å². The fourth-order valence-electron chi connectivity index (χ4n) is 5.79. The molecular formula is C47H41ClO9. The maximum absolute atomic E-state index is 13.0. The molecule has 0 N–H and O–H groups in total. The lowest BCUT2D eigenvalue weighted by Gasteiger charge is -2.16. The number of methoxy groups -OCH3 is 1. The zero-order chi connectivity index (χ0) is 40.6. The third-order valence-electron chi connectivity index (χ3n) is 8.82. The highest BCUT2D eigenvalue weighted by Crippen LogP contribution is 2.28. The highest BCUT2D eigenvalue weighted by molar-refractivity contribution is 6.32. The first-order chi connectivity index (χ1) is 27.7. The molecule has 0 saturated carbocycles. The third-order valence-corrected chi connectivity index (χ3v) is 9.12. The number of ether oxygens (including phenoxy) is 5.